The molecule has 180 valence electrons. The fourth-order valence-electron chi connectivity index (χ4n) is 5.77. The third kappa shape index (κ3) is 2.78. The first-order valence-corrected chi connectivity index (χ1v) is 13.8. The second-order valence-electron chi connectivity index (χ2n) is 9.46. The van der Waals surface area contributed by atoms with E-state index in [1.54, 1.807) is 18.3 Å². The summed E-state index contributed by atoms with van der Waals surface area (Å²) >= 11 is 0. The summed E-state index contributed by atoms with van der Waals surface area (Å²) in [7, 11) is -3.86. The molecule has 6 heteroatoms. The van der Waals surface area contributed by atoms with Crippen molar-refractivity contribution in [2.75, 3.05) is 0 Å². The van der Waals surface area contributed by atoms with E-state index in [1.807, 2.05) is 89.5 Å². The third-order valence-corrected chi connectivity index (χ3v) is 9.24. The van der Waals surface area contributed by atoms with Crippen LogP contribution in [0.5, 0.6) is 0 Å². The lowest BCUT2D eigenvalue weighted by Crippen LogP contribution is -2.16. The molecule has 1 aliphatic rings. The standard InChI is InChI=1S/C32H19N3O2S/c36-38(37)28-17-7-15-26-30(28)35(32(34-26)20-9-2-1-3-10-20)27-16-6-13-24(31(27)38)25-19-21-11-4-5-12-22(21)29-23(25)14-8-18-33-29/h1-19H. The molecule has 0 bridgehead atoms. The van der Waals surface area contributed by atoms with Crippen molar-refractivity contribution in [2.45, 2.75) is 9.79 Å². The van der Waals surface area contributed by atoms with Crippen molar-refractivity contribution in [2.24, 2.45) is 0 Å². The number of para-hydroxylation sites is 1. The molecule has 1 aliphatic heterocycles. The number of fused-ring (bicyclic) bond motifs is 5. The van der Waals surface area contributed by atoms with E-state index in [2.05, 4.69) is 12.1 Å². The molecule has 0 radical (unpaired) electrons. The topological polar surface area (TPSA) is 64.8 Å². The molecule has 5 aromatic carbocycles. The molecule has 0 saturated carbocycles. The Morgan fingerprint density at radius 2 is 1.47 bits per heavy atom. The van der Waals surface area contributed by atoms with Crippen molar-refractivity contribution in [1.82, 2.24) is 14.5 Å². The van der Waals surface area contributed by atoms with Gasteiger partial charge in [-0.2, -0.15) is 0 Å². The minimum absolute atomic E-state index is 0.271. The first-order chi connectivity index (χ1) is 18.6. The number of nitrogens with zero attached hydrogens (tertiary/aromatic N) is 3. The molecule has 2 aromatic heterocycles. The average Bonchev–Trinajstić information content (AvgIpc) is 3.36. The number of aromatic nitrogens is 3. The molecule has 0 spiro atoms. The molecular formula is C32H19N3O2S. The second kappa shape index (κ2) is 7.60. The summed E-state index contributed by atoms with van der Waals surface area (Å²) in [5.41, 5.74) is 5.13. The highest BCUT2D eigenvalue weighted by molar-refractivity contribution is 7.92. The number of sulfone groups is 1. The maximum atomic E-state index is 14.4. The molecule has 0 N–H and O–H groups in total. The minimum atomic E-state index is -3.86. The van der Waals surface area contributed by atoms with Crippen LogP contribution in [0.4, 0.5) is 0 Å². The van der Waals surface area contributed by atoms with Crippen molar-refractivity contribution in [3.8, 4) is 28.2 Å². The van der Waals surface area contributed by atoms with Crippen LogP contribution >= 0.6 is 0 Å². The molecule has 7 aromatic rings. The monoisotopic (exact) mass is 509 g/mol. The summed E-state index contributed by atoms with van der Waals surface area (Å²) in [6.07, 6.45) is 1.78. The van der Waals surface area contributed by atoms with Gasteiger partial charge in [-0.1, -0.05) is 78.9 Å². The SMILES string of the molecule is O=S1(=O)c2c(-c3cc4ccccc4c4ncccc34)cccc2-n2c(-c3ccccc3)nc3cccc1c32. The minimum Gasteiger partial charge on any atom is -0.290 e. The van der Waals surface area contributed by atoms with Gasteiger partial charge in [-0.3, -0.25) is 9.55 Å². The fourth-order valence-corrected chi connectivity index (χ4v) is 7.60. The van der Waals surface area contributed by atoms with Crippen molar-refractivity contribution >= 4 is 42.5 Å². The second-order valence-corrected chi connectivity index (χ2v) is 11.3. The quantitative estimate of drug-likeness (QED) is 0.231. The number of benzene rings is 5. The number of rotatable bonds is 2. The molecule has 0 aliphatic carbocycles. The van der Waals surface area contributed by atoms with E-state index in [0.29, 0.717) is 28.1 Å². The Morgan fingerprint density at radius 1 is 0.684 bits per heavy atom. The zero-order chi connectivity index (χ0) is 25.4. The molecule has 0 saturated heterocycles. The van der Waals surface area contributed by atoms with E-state index >= 15 is 0 Å². The van der Waals surface area contributed by atoms with Gasteiger partial charge in [0.05, 0.1) is 27.1 Å². The van der Waals surface area contributed by atoms with Crippen LogP contribution < -0.4 is 0 Å². The van der Waals surface area contributed by atoms with Crippen LogP contribution in [0, 0.1) is 0 Å². The van der Waals surface area contributed by atoms with Gasteiger partial charge in [-0.15, -0.1) is 0 Å². The van der Waals surface area contributed by atoms with Crippen LogP contribution in [0.3, 0.4) is 0 Å². The van der Waals surface area contributed by atoms with E-state index in [-0.39, 0.29) is 9.79 Å². The van der Waals surface area contributed by atoms with Crippen molar-refractivity contribution in [3.63, 3.8) is 0 Å². The normalized spacial score (nSPS) is 13.7. The van der Waals surface area contributed by atoms with Gasteiger partial charge in [-0.05, 0) is 41.3 Å². The number of hydrogen-bond donors (Lipinski definition) is 0. The van der Waals surface area contributed by atoms with Crippen LogP contribution in [-0.2, 0) is 9.84 Å². The fraction of sp³-hybridized carbons (Fsp3) is 0. The lowest BCUT2D eigenvalue weighted by molar-refractivity contribution is 0.595. The van der Waals surface area contributed by atoms with Gasteiger partial charge in [0, 0.05) is 28.1 Å². The van der Waals surface area contributed by atoms with E-state index in [4.69, 9.17) is 9.97 Å². The molecule has 0 unspecified atom stereocenters. The van der Waals surface area contributed by atoms with Crippen molar-refractivity contribution in [1.29, 1.82) is 0 Å². The molecular weight excluding hydrogens is 490 g/mol. The molecule has 5 nitrogen and oxygen atoms in total. The highest BCUT2D eigenvalue weighted by Crippen LogP contribution is 2.46. The predicted molar refractivity (Wildman–Crippen MR) is 150 cm³/mol. The largest absolute Gasteiger partial charge is 0.290 e. The zero-order valence-electron chi connectivity index (χ0n) is 20.0. The van der Waals surface area contributed by atoms with Crippen LogP contribution in [0.15, 0.2) is 125 Å². The van der Waals surface area contributed by atoms with E-state index in [0.717, 1.165) is 32.8 Å². The predicted octanol–water partition coefficient (Wildman–Crippen LogP) is 7.21. The molecule has 38 heavy (non-hydrogen) atoms. The third-order valence-electron chi connectivity index (χ3n) is 7.37. The Balaban J connectivity index is 1.54. The highest BCUT2D eigenvalue weighted by Gasteiger charge is 2.36. The van der Waals surface area contributed by atoms with Crippen molar-refractivity contribution in [3.05, 3.63) is 115 Å². The van der Waals surface area contributed by atoms with Crippen LogP contribution in [-0.4, -0.2) is 23.0 Å². The number of pyridine rings is 1. The maximum Gasteiger partial charge on any atom is 0.211 e. The Labute approximate surface area is 218 Å². The molecule has 3 heterocycles. The van der Waals surface area contributed by atoms with Gasteiger partial charge in [0.2, 0.25) is 9.84 Å². The van der Waals surface area contributed by atoms with Gasteiger partial charge in [0.25, 0.3) is 0 Å². The van der Waals surface area contributed by atoms with Gasteiger partial charge < -0.3 is 0 Å². The summed E-state index contributed by atoms with van der Waals surface area (Å²) in [5.74, 6) is 0.714. The van der Waals surface area contributed by atoms with Gasteiger partial charge in [-0.25, -0.2) is 13.4 Å². The molecule has 8 rings (SSSR count). The number of hydrogen-bond acceptors (Lipinski definition) is 4. The molecule has 0 atom stereocenters. The summed E-state index contributed by atoms with van der Waals surface area (Å²) < 4.78 is 30.7. The summed E-state index contributed by atoms with van der Waals surface area (Å²) in [6.45, 7) is 0. The van der Waals surface area contributed by atoms with E-state index in [9.17, 15) is 8.42 Å². The van der Waals surface area contributed by atoms with Crippen LogP contribution in [0.25, 0.3) is 60.9 Å². The van der Waals surface area contributed by atoms with E-state index in [1.165, 1.54) is 0 Å². The average molecular weight is 510 g/mol. The summed E-state index contributed by atoms with van der Waals surface area (Å²) in [4.78, 5) is 10.2. The van der Waals surface area contributed by atoms with E-state index < -0.39 is 9.84 Å². The van der Waals surface area contributed by atoms with Gasteiger partial charge >= 0.3 is 0 Å². The van der Waals surface area contributed by atoms with Gasteiger partial charge in [0.1, 0.15) is 10.7 Å². The molecule has 0 amide bonds. The number of imidazole rings is 1. The van der Waals surface area contributed by atoms with Crippen LogP contribution in [0.2, 0.25) is 0 Å². The maximum absolute atomic E-state index is 14.4. The highest BCUT2D eigenvalue weighted by atomic mass is 32.2. The summed E-state index contributed by atoms with van der Waals surface area (Å²) in [5, 5.41) is 2.95. The lowest BCUT2D eigenvalue weighted by atomic mass is 9.95. The summed E-state index contributed by atoms with van der Waals surface area (Å²) in [6, 6.07) is 35.0. The Bertz CT molecular complexity index is 2200. The van der Waals surface area contributed by atoms with Crippen LogP contribution in [0.1, 0.15) is 0 Å². The molecule has 0 fully saturated rings. The first kappa shape index (κ1) is 21.3. The lowest BCUT2D eigenvalue weighted by Gasteiger charge is -2.24. The Hall–Kier alpha value is -4.81. The van der Waals surface area contributed by atoms with Gasteiger partial charge in [0.15, 0.2) is 0 Å². The van der Waals surface area contributed by atoms with Crippen molar-refractivity contribution < 1.29 is 8.42 Å². The Morgan fingerprint density at radius 3 is 2.37 bits per heavy atom. The zero-order valence-corrected chi connectivity index (χ0v) is 20.9. The smallest absolute Gasteiger partial charge is 0.211 e. The Kier molecular flexibility index (Phi) is 4.26. The first-order valence-electron chi connectivity index (χ1n) is 12.4.